The number of hydrogen-bond acceptors (Lipinski definition) is 6. The topological polar surface area (TPSA) is 113 Å². The van der Waals surface area contributed by atoms with Gasteiger partial charge in [0.05, 0.1) is 12.7 Å². The highest BCUT2D eigenvalue weighted by Crippen LogP contribution is 2.39. The Balaban J connectivity index is 1.65. The van der Waals surface area contributed by atoms with Crippen molar-refractivity contribution in [2.24, 2.45) is 0 Å². The largest absolute Gasteiger partial charge is 0.496 e. The molecule has 3 N–H and O–H groups in total. The number of amides is 4. The molecule has 0 unspecified atom stereocenters. The molecule has 0 bridgehead atoms. The quantitative estimate of drug-likeness (QED) is 0.393. The number of anilines is 2. The summed E-state index contributed by atoms with van der Waals surface area (Å²) in [5.74, 6) is 0.178. The fourth-order valence-corrected chi connectivity index (χ4v) is 5.64. The van der Waals surface area contributed by atoms with Crippen LogP contribution in [0.2, 0.25) is 0 Å². The Labute approximate surface area is 233 Å². The number of piperazine rings is 1. The Morgan fingerprint density at radius 2 is 1.82 bits per heavy atom. The van der Waals surface area contributed by atoms with Crippen molar-refractivity contribution in [3.05, 3.63) is 58.7 Å². The number of carbonyl (C=O) groups excluding carboxylic acids is 3. The van der Waals surface area contributed by atoms with Gasteiger partial charge in [0.2, 0.25) is 5.91 Å². The molecule has 10 heteroatoms. The van der Waals surface area contributed by atoms with Crippen LogP contribution in [0.15, 0.2) is 42.7 Å². The summed E-state index contributed by atoms with van der Waals surface area (Å²) < 4.78 is 5.58. The Bertz CT molecular complexity index is 1410. The van der Waals surface area contributed by atoms with Crippen LogP contribution in [0, 0.1) is 6.92 Å². The van der Waals surface area contributed by atoms with E-state index in [1.165, 1.54) is 11.3 Å². The lowest BCUT2D eigenvalue weighted by atomic mass is 9.93. The van der Waals surface area contributed by atoms with E-state index in [-0.39, 0.29) is 17.2 Å². The van der Waals surface area contributed by atoms with Gasteiger partial charge >= 0.3 is 6.03 Å². The number of aromatic nitrogens is 1. The number of ether oxygens (including phenoxy) is 1. The van der Waals surface area contributed by atoms with Crippen LogP contribution in [0.4, 0.5) is 15.5 Å². The molecule has 0 radical (unpaired) electrons. The molecule has 39 heavy (non-hydrogen) atoms. The van der Waals surface area contributed by atoms with E-state index < -0.39 is 11.6 Å². The monoisotopic (exact) mass is 549 g/mol. The maximum atomic E-state index is 13.7. The minimum absolute atomic E-state index is 0.208. The summed E-state index contributed by atoms with van der Waals surface area (Å²) in [6, 6.07) is 8.71. The molecule has 0 aliphatic carbocycles. The summed E-state index contributed by atoms with van der Waals surface area (Å²) in [4.78, 5) is 46.1. The van der Waals surface area contributed by atoms with Gasteiger partial charge in [-0.15, -0.1) is 11.3 Å². The van der Waals surface area contributed by atoms with Gasteiger partial charge in [0.25, 0.3) is 5.91 Å². The molecule has 4 amide bonds. The van der Waals surface area contributed by atoms with Gasteiger partial charge < -0.3 is 20.3 Å². The predicted molar refractivity (Wildman–Crippen MR) is 155 cm³/mol. The van der Waals surface area contributed by atoms with Crippen molar-refractivity contribution >= 4 is 39.9 Å². The average Bonchev–Trinajstić information content (AvgIpc) is 3.31. The van der Waals surface area contributed by atoms with Crippen molar-refractivity contribution in [3.63, 3.8) is 0 Å². The SMILES string of the molecule is COc1ccc(NC(=O)Nc2sc(C(C)(C)C)cc2C(=O)N2CCNC(=O)C2(C)C)c(C)c1-c1ccncc1. The molecular weight excluding hydrogens is 514 g/mol. The zero-order valence-electron chi connectivity index (χ0n) is 23.4. The van der Waals surface area contributed by atoms with Crippen molar-refractivity contribution in [2.45, 2.75) is 52.5 Å². The first-order chi connectivity index (χ1) is 18.3. The second kappa shape index (κ2) is 10.7. The number of nitrogens with zero attached hydrogens (tertiary/aromatic N) is 2. The summed E-state index contributed by atoms with van der Waals surface area (Å²) in [6.07, 6.45) is 3.41. The number of urea groups is 1. The second-order valence-electron chi connectivity index (χ2n) is 11.0. The van der Waals surface area contributed by atoms with Crippen molar-refractivity contribution in [2.75, 3.05) is 30.8 Å². The number of thiophene rings is 1. The van der Waals surface area contributed by atoms with Crippen LogP contribution in [0.5, 0.6) is 5.75 Å². The van der Waals surface area contributed by atoms with Crippen LogP contribution < -0.4 is 20.7 Å². The highest BCUT2D eigenvalue weighted by atomic mass is 32.1. The van der Waals surface area contributed by atoms with Crippen molar-refractivity contribution in [1.82, 2.24) is 15.2 Å². The van der Waals surface area contributed by atoms with Gasteiger partial charge in [-0.2, -0.15) is 0 Å². The van der Waals surface area contributed by atoms with Crippen molar-refractivity contribution in [3.8, 4) is 16.9 Å². The van der Waals surface area contributed by atoms with E-state index >= 15 is 0 Å². The molecule has 1 fully saturated rings. The third-order valence-corrected chi connectivity index (χ3v) is 8.37. The maximum Gasteiger partial charge on any atom is 0.324 e. The van der Waals surface area contributed by atoms with E-state index in [4.69, 9.17) is 4.74 Å². The first-order valence-corrected chi connectivity index (χ1v) is 13.6. The van der Waals surface area contributed by atoms with E-state index in [1.54, 1.807) is 50.4 Å². The standard InChI is InChI=1S/C29H35N5O4S/c1-17-20(8-9-21(38-7)23(17)18-10-12-30-13-11-18)32-27(37)33-24-19(16-22(39-24)28(2,3)4)25(35)34-15-14-31-26(36)29(34,5)6/h8-13,16H,14-15H2,1-7H3,(H,31,36)(H2,32,33,37). The van der Waals surface area contributed by atoms with E-state index in [1.807, 2.05) is 25.1 Å². The zero-order valence-corrected chi connectivity index (χ0v) is 24.2. The average molecular weight is 550 g/mol. The van der Waals surface area contributed by atoms with Crippen molar-refractivity contribution in [1.29, 1.82) is 0 Å². The first-order valence-electron chi connectivity index (χ1n) is 12.7. The van der Waals surface area contributed by atoms with Gasteiger partial charge in [0, 0.05) is 41.6 Å². The molecule has 3 aromatic rings. The summed E-state index contributed by atoms with van der Waals surface area (Å²) in [7, 11) is 1.61. The van der Waals surface area contributed by atoms with Crippen LogP contribution in [-0.2, 0) is 10.2 Å². The number of benzene rings is 1. The molecule has 2 aromatic heterocycles. The number of pyridine rings is 1. The van der Waals surface area contributed by atoms with Crippen molar-refractivity contribution < 1.29 is 19.1 Å². The number of rotatable bonds is 5. The molecule has 0 saturated carbocycles. The number of methoxy groups -OCH3 is 1. The summed E-state index contributed by atoms with van der Waals surface area (Å²) in [5, 5.41) is 9.09. The lowest BCUT2D eigenvalue weighted by Gasteiger charge is -2.41. The lowest BCUT2D eigenvalue weighted by Crippen LogP contribution is -2.63. The minimum Gasteiger partial charge on any atom is -0.496 e. The third kappa shape index (κ3) is 5.61. The third-order valence-electron chi connectivity index (χ3n) is 6.89. The smallest absolute Gasteiger partial charge is 0.324 e. The lowest BCUT2D eigenvalue weighted by molar-refractivity contribution is -0.133. The molecule has 206 valence electrons. The highest BCUT2D eigenvalue weighted by Gasteiger charge is 2.42. The van der Waals surface area contributed by atoms with Gasteiger partial charge in [-0.1, -0.05) is 20.8 Å². The molecule has 1 aliphatic heterocycles. The zero-order chi connectivity index (χ0) is 28.5. The second-order valence-corrected chi connectivity index (χ2v) is 12.1. The van der Waals surface area contributed by atoms with Crippen LogP contribution in [0.3, 0.4) is 0 Å². The molecule has 1 aromatic carbocycles. The first kappa shape index (κ1) is 28.1. The summed E-state index contributed by atoms with van der Waals surface area (Å²) in [5.41, 5.74) is 2.32. The fraction of sp³-hybridized carbons (Fsp3) is 0.379. The van der Waals surface area contributed by atoms with Gasteiger partial charge in [-0.05, 0) is 67.6 Å². The number of nitrogens with one attached hydrogen (secondary N) is 3. The van der Waals surface area contributed by atoms with E-state index in [9.17, 15) is 14.4 Å². The Kier molecular flexibility index (Phi) is 7.70. The van der Waals surface area contributed by atoms with Crippen LogP contribution in [0.1, 0.15) is 55.4 Å². The molecule has 4 rings (SSSR count). The molecule has 0 spiro atoms. The van der Waals surface area contributed by atoms with Gasteiger partial charge in [0.15, 0.2) is 0 Å². The van der Waals surface area contributed by atoms with E-state index in [2.05, 4.69) is 41.7 Å². The summed E-state index contributed by atoms with van der Waals surface area (Å²) in [6.45, 7) is 12.3. The fourth-order valence-electron chi connectivity index (χ4n) is 4.54. The number of hydrogen-bond donors (Lipinski definition) is 3. The summed E-state index contributed by atoms with van der Waals surface area (Å²) >= 11 is 1.36. The van der Waals surface area contributed by atoms with Gasteiger partial charge in [-0.3, -0.25) is 19.9 Å². The molecule has 9 nitrogen and oxygen atoms in total. The molecular formula is C29H35N5O4S. The van der Waals surface area contributed by atoms with Gasteiger partial charge in [-0.25, -0.2) is 4.79 Å². The molecule has 0 atom stereocenters. The predicted octanol–water partition coefficient (Wildman–Crippen LogP) is 5.42. The van der Waals surface area contributed by atoms with Gasteiger partial charge in [0.1, 0.15) is 16.3 Å². The van der Waals surface area contributed by atoms with Crippen LogP contribution >= 0.6 is 11.3 Å². The van der Waals surface area contributed by atoms with Crippen LogP contribution in [0.25, 0.3) is 11.1 Å². The Morgan fingerprint density at radius 1 is 1.13 bits per heavy atom. The number of carbonyl (C=O) groups is 3. The van der Waals surface area contributed by atoms with Crippen LogP contribution in [-0.4, -0.2) is 53.5 Å². The normalized spacial score (nSPS) is 14.9. The minimum atomic E-state index is -1.01. The Morgan fingerprint density at radius 3 is 2.46 bits per heavy atom. The Hall–Kier alpha value is -3.92. The molecule has 1 aliphatic rings. The highest BCUT2D eigenvalue weighted by molar-refractivity contribution is 7.16. The molecule has 3 heterocycles. The maximum absolute atomic E-state index is 13.7. The molecule has 1 saturated heterocycles. The van der Waals surface area contributed by atoms with E-state index in [0.29, 0.717) is 35.1 Å². The van der Waals surface area contributed by atoms with E-state index in [0.717, 1.165) is 21.6 Å².